The molecule has 0 aromatic heterocycles. The molecule has 1 saturated carbocycles. The van der Waals surface area contributed by atoms with E-state index in [9.17, 15) is 0 Å². The summed E-state index contributed by atoms with van der Waals surface area (Å²) in [4.78, 5) is 0. The van der Waals surface area contributed by atoms with Crippen molar-refractivity contribution in [3.8, 4) is 0 Å². The lowest BCUT2D eigenvalue weighted by Gasteiger charge is -2.45. The van der Waals surface area contributed by atoms with Crippen molar-refractivity contribution in [3.05, 3.63) is 0 Å². The van der Waals surface area contributed by atoms with Crippen molar-refractivity contribution in [1.82, 2.24) is 0 Å². The van der Waals surface area contributed by atoms with Crippen LogP contribution in [0.4, 0.5) is 0 Å². The quantitative estimate of drug-likeness (QED) is 0.738. The van der Waals surface area contributed by atoms with E-state index in [-0.39, 0.29) is 0 Å². The van der Waals surface area contributed by atoms with Gasteiger partial charge >= 0.3 is 0 Å². The van der Waals surface area contributed by atoms with E-state index in [1.165, 1.54) is 25.7 Å². The van der Waals surface area contributed by atoms with Crippen LogP contribution in [0.1, 0.15) is 60.3 Å². The summed E-state index contributed by atoms with van der Waals surface area (Å²) in [7, 11) is 0. The highest BCUT2D eigenvalue weighted by Crippen LogP contribution is 2.44. The van der Waals surface area contributed by atoms with E-state index in [0.717, 1.165) is 17.8 Å². The van der Waals surface area contributed by atoms with Gasteiger partial charge in [0.15, 0.2) is 0 Å². The molecule has 1 fully saturated rings. The Morgan fingerprint density at radius 3 is 2.07 bits per heavy atom. The normalized spacial score (nSPS) is 38.0. The number of nitrogens with two attached hydrogens (primary N) is 1. The van der Waals surface area contributed by atoms with Gasteiger partial charge in [-0.05, 0) is 36.0 Å². The Hall–Kier alpha value is -0.0400. The molecule has 0 saturated heterocycles. The molecule has 1 nitrogen and oxygen atoms in total. The summed E-state index contributed by atoms with van der Waals surface area (Å²) in [5.41, 5.74) is 6.78. The summed E-state index contributed by atoms with van der Waals surface area (Å²) in [5, 5.41) is 0. The molecule has 2 N–H and O–H groups in total. The van der Waals surface area contributed by atoms with Gasteiger partial charge in [-0.2, -0.15) is 0 Å². The fourth-order valence-corrected chi connectivity index (χ4v) is 3.30. The minimum absolute atomic E-state index is 0.434. The van der Waals surface area contributed by atoms with Crippen LogP contribution in [-0.2, 0) is 0 Å². The molecule has 4 unspecified atom stereocenters. The molecule has 1 rings (SSSR count). The van der Waals surface area contributed by atoms with Crippen LogP contribution in [0, 0.1) is 23.2 Å². The zero-order chi connectivity index (χ0) is 11.6. The molecule has 1 aliphatic rings. The fourth-order valence-electron chi connectivity index (χ4n) is 3.30. The molecule has 0 spiro atoms. The highest BCUT2D eigenvalue weighted by atomic mass is 14.7. The predicted octanol–water partition coefficient (Wildman–Crippen LogP) is 3.82. The van der Waals surface area contributed by atoms with Crippen LogP contribution < -0.4 is 5.73 Å². The van der Waals surface area contributed by atoms with Gasteiger partial charge in [-0.3, -0.25) is 0 Å². The summed E-state index contributed by atoms with van der Waals surface area (Å²) >= 11 is 0. The summed E-state index contributed by atoms with van der Waals surface area (Å²) in [6.45, 7) is 11.7. The van der Waals surface area contributed by atoms with Gasteiger partial charge < -0.3 is 5.73 Å². The molecule has 15 heavy (non-hydrogen) atoms. The molecule has 0 radical (unpaired) electrons. The lowest BCUT2D eigenvalue weighted by molar-refractivity contribution is 0.0763. The van der Waals surface area contributed by atoms with Gasteiger partial charge in [0, 0.05) is 6.04 Å². The zero-order valence-electron chi connectivity index (χ0n) is 11.2. The fraction of sp³-hybridized carbons (Fsp3) is 1.00. The standard InChI is InChI=1S/C14H29N/c1-6-10-8-11(14(3,4)5)9-13(15)12(10)7-2/h10-13H,6-9,15H2,1-5H3. The molecule has 0 aromatic rings. The Balaban J connectivity index is 2.71. The smallest absolute Gasteiger partial charge is 0.00725 e. The minimum atomic E-state index is 0.434. The third-order valence-electron chi connectivity index (χ3n) is 4.52. The molecular weight excluding hydrogens is 182 g/mol. The molecule has 4 atom stereocenters. The lowest BCUT2D eigenvalue weighted by Crippen LogP contribution is -2.44. The first-order chi connectivity index (χ1) is 6.90. The van der Waals surface area contributed by atoms with Crippen molar-refractivity contribution in [3.63, 3.8) is 0 Å². The molecule has 90 valence electrons. The molecule has 0 aromatic carbocycles. The average molecular weight is 211 g/mol. The Kier molecular flexibility index (Phi) is 4.22. The van der Waals surface area contributed by atoms with Gasteiger partial charge in [0.25, 0.3) is 0 Å². The second-order valence-corrected chi connectivity index (χ2v) is 6.44. The van der Waals surface area contributed by atoms with Crippen LogP contribution in [0.3, 0.4) is 0 Å². The van der Waals surface area contributed by atoms with Crippen LogP contribution in [0.15, 0.2) is 0 Å². The van der Waals surface area contributed by atoms with Gasteiger partial charge in [0.2, 0.25) is 0 Å². The van der Waals surface area contributed by atoms with Crippen molar-refractivity contribution in [2.75, 3.05) is 0 Å². The largest absolute Gasteiger partial charge is 0.327 e. The van der Waals surface area contributed by atoms with Crippen molar-refractivity contribution < 1.29 is 0 Å². The molecule has 0 aliphatic heterocycles. The highest BCUT2D eigenvalue weighted by Gasteiger charge is 2.38. The van der Waals surface area contributed by atoms with Crippen LogP contribution >= 0.6 is 0 Å². The molecule has 1 heteroatoms. The topological polar surface area (TPSA) is 26.0 Å². The maximum Gasteiger partial charge on any atom is 0.00725 e. The van der Waals surface area contributed by atoms with E-state index < -0.39 is 0 Å². The number of hydrogen-bond donors (Lipinski definition) is 1. The van der Waals surface area contributed by atoms with Gasteiger partial charge in [0.05, 0.1) is 0 Å². The summed E-state index contributed by atoms with van der Waals surface area (Å²) in [6.07, 6.45) is 5.19. The van der Waals surface area contributed by atoms with Crippen LogP contribution in [0.5, 0.6) is 0 Å². The molecule has 0 heterocycles. The van der Waals surface area contributed by atoms with E-state index in [1.54, 1.807) is 0 Å². The Bertz CT molecular complexity index is 192. The zero-order valence-corrected chi connectivity index (χ0v) is 11.2. The molecule has 1 aliphatic carbocycles. The van der Waals surface area contributed by atoms with E-state index in [0.29, 0.717) is 11.5 Å². The van der Waals surface area contributed by atoms with Gasteiger partial charge in [-0.25, -0.2) is 0 Å². The lowest BCUT2D eigenvalue weighted by atomic mass is 9.62. The van der Waals surface area contributed by atoms with Crippen LogP contribution in [0.2, 0.25) is 0 Å². The first-order valence-electron chi connectivity index (χ1n) is 6.65. The maximum atomic E-state index is 6.34. The Labute approximate surface area is 95.8 Å². The van der Waals surface area contributed by atoms with E-state index in [2.05, 4.69) is 34.6 Å². The average Bonchev–Trinajstić information content (AvgIpc) is 2.15. The second kappa shape index (κ2) is 4.86. The number of rotatable bonds is 2. The minimum Gasteiger partial charge on any atom is -0.327 e. The first kappa shape index (κ1) is 13.0. The van der Waals surface area contributed by atoms with Crippen LogP contribution in [0.25, 0.3) is 0 Å². The molecule has 0 amide bonds. The third-order valence-corrected chi connectivity index (χ3v) is 4.52. The highest BCUT2D eigenvalue weighted by molar-refractivity contribution is 4.91. The Morgan fingerprint density at radius 1 is 1.07 bits per heavy atom. The van der Waals surface area contributed by atoms with Gasteiger partial charge in [-0.15, -0.1) is 0 Å². The monoisotopic (exact) mass is 211 g/mol. The predicted molar refractivity (Wildman–Crippen MR) is 67.7 cm³/mol. The van der Waals surface area contributed by atoms with Gasteiger partial charge in [-0.1, -0.05) is 47.5 Å². The summed E-state index contributed by atoms with van der Waals surface area (Å²) in [5.74, 6) is 2.46. The van der Waals surface area contributed by atoms with Crippen molar-refractivity contribution in [2.24, 2.45) is 28.9 Å². The maximum absolute atomic E-state index is 6.34. The molecular formula is C14H29N. The van der Waals surface area contributed by atoms with Crippen molar-refractivity contribution in [2.45, 2.75) is 66.3 Å². The molecule has 0 bridgehead atoms. The van der Waals surface area contributed by atoms with Crippen molar-refractivity contribution in [1.29, 1.82) is 0 Å². The van der Waals surface area contributed by atoms with E-state index in [4.69, 9.17) is 5.73 Å². The first-order valence-corrected chi connectivity index (χ1v) is 6.65. The SMILES string of the molecule is CCC1CC(C(C)(C)C)CC(N)C1CC. The third kappa shape index (κ3) is 2.96. The summed E-state index contributed by atoms with van der Waals surface area (Å²) < 4.78 is 0. The van der Waals surface area contributed by atoms with Crippen LogP contribution in [-0.4, -0.2) is 6.04 Å². The summed E-state index contributed by atoms with van der Waals surface area (Å²) in [6, 6.07) is 0.443. The van der Waals surface area contributed by atoms with E-state index in [1.807, 2.05) is 0 Å². The van der Waals surface area contributed by atoms with E-state index >= 15 is 0 Å². The number of hydrogen-bond acceptors (Lipinski definition) is 1. The van der Waals surface area contributed by atoms with Gasteiger partial charge in [0.1, 0.15) is 0 Å². The van der Waals surface area contributed by atoms with Crippen molar-refractivity contribution >= 4 is 0 Å². The Morgan fingerprint density at radius 2 is 1.67 bits per heavy atom. The second-order valence-electron chi connectivity index (χ2n) is 6.44.